The van der Waals surface area contributed by atoms with Crippen molar-refractivity contribution >= 4 is 28.5 Å². The first-order valence-electron chi connectivity index (χ1n) is 8.17. The summed E-state index contributed by atoms with van der Waals surface area (Å²) in [5.41, 5.74) is 0.446. The second kappa shape index (κ2) is 7.30. The van der Waals surface area contributed by atoms with Gasteiger partial charge < -0.3 is 14.8 Å². The number of carbonyl (C=O) groups excluding carboxylic acids is 1. The molecule has 2 aromatic carbocycles. The molecule has 0 spiro atoms. The number of benzene rings is 2. The van der Waals surface area contributed by atoms with Crippen LogP contribution in [0.4, 0.5) is 0 Å². The largest absolute Gasteiger partial charge is 0.458 e. The van der Waals surface area contributed by atoms with Gasteiger partial charge in [0.15, 0.2) is 0 Å². The molecule has 130 valence electrons. The van der Waals surface area contributed by atoms with Crippen molar-refractivity contribution in [3.8, 4) is 0 Å². The first kappa shape index (κ1) is 17.5. The highest BCUT2D eigenvalue weighted by molar-refractivity contribution is 6.30. The molecule has 0 unspecified atom stereocenters. The average molecular weight is 358 g/mol. The van der Waals surface area contributed by atoms with Crippen LogP contribution in [0.5, 0.6) is 0 Å². The number of hydrogen-bond donors (Lipinski definition) is 2. The van der Waals surface area contributed by atoms with E-state index < -0.39 is 5.60 Å². The normalized spacial score (nSPS) is 13.6. The summed E-state index contributed by atoms with van der Waals surface area (Å²) in [5.74, 6) is 0.306. The van der Waals surface area contributed by atoms with Crippen LogP contribution in [0.25, 0.3) is 11.0 Å². The van der Waals surface area contributed by atoms with E-state index in [1.165, 1.54) is 0 Å². The van der Waals surface area contributed by atoms with Crippen molar-refractivity contribution in [2.24, 2.45) is 0 Å². The number of nitrogens with one attached hydrogen (secondary N) is 1. The lowest BCUT2D eigenvalue weighted by atomic mass is 10.0. The van der Waals surface area contributed by atoms with Crippen molar-refractivity contribution in [1.29, 1.82) is 0 Å². The summed E-state index contributed by atoms with van der Waals surface area (Å²) in [7, 11) is 0. The number of rotatable bonds is 6. The van der Waals surface area contributed by atoms with Crippen LogP contribution in [-0.4, -0.2) is 17.6 Å². The summed E-state index contributed by atoms with van der Waals surface area (Å²) < 4.78 is 5.69. The maximum absolute atomic E-state index is 12.1. The van der Waals surface area contributed by atoms with Gasteiger partial charge in [-0.2, -0.15) is 0 Å². The van der Waals surface area contributed by atoms with Crippen LogP contribution < -0.4 is 5.32 Å². The van der Waals surface area contributed by atoms with Gasteiger partial charge in [-0.05, 0) is 43.2 Å². The lowest BCUT2D eigenvalue weighted by Gasteiger charge is -2.21. The third kappa shape index (κ3) is 4.41. The molecule has 0 saturated carbocycles. The summed E-state index contributed by atoms with van der Waals surface area (Å²) in [4.78, 5) is 12.1. The highest BCUT2D eigenvalue weighted by Gasteiger charge is 2.28. The van der Waals surface area contributed by atoms with Gasteiger partial charge in [-0.15, -0.1) is 0 Å². The number of para-hydroxylation sites is 1. The van der Waals surface area contributed by atoms with Crippen LogP contribution >= 0.6 is 11.6 Å². The Morgan fingerprint density at radius 2 is 2.00 bits per heavy atom. The molecule has 0 radical (unpaired) electrons. The number of hydrogen-bond acceptors (Lipinski definition) is 3. The topological polar surface area (TPSA) is 62.5 Å². The number of aliphatic hydroxyl groups is 1. The van der Waals surface area contributed by atoms with E-state index >= 15 is 0 Å². The zero-order valence-corrected chi connectivity index (χ0v) is 14.7. The van der Waals surface area contributed by atoms with Gasteiger partial charge >= 0.3 is 0 Å². The number of carbonyl (C=O) groups is 1. The van der Waals surface area contributed by atoms with Crippen LogP contribution in [0.3, 0.4) is 0 Å². The number of furan rings is 1. The van der Waals surface area contributed by atoms with Crippen LogP contribution in [0.15, 0.2) is 59.0 Å². The summed E-state index contributed by atoms with van der Waals surface area (Å²) >= 11 is 5.94. The second-order valence-electron chi connectivity index (χ2n) is 6.33. The molecule has 4 nitrogen and oxygen atoms in total. The summed E-state index contributed by atoms with van der Waals surface area (Å²) in [5, 5.41) is 15.0. The Morgan fingerprint density at radius 1 is 1.20 bits per heavy atom. The molecule has 0 saturated heterocycles. The fraction of sp³-hybridized carbons (Fsp3) is 0.250. The summed E-state index contributed by atoms with van der Waals surface area (Å²) in [6.45, 7) is 1.71. The molecule has 5 heteroatoms. The fourth-order valence-corrected chi connectivity index (χ4v) is 2.86. The molecule has 3 aromatic rings. The Bertz CT molecular complexity index is 852. The molecule has 1 aromatic heterocycles. The number of halogens is 1. The summed E-state index contributed by atoms with van der Waals surface area (Å²) in [6.07, 6.45) is 0.926. The highest BCUT2D eigenvalue weighted by Crippen LogP contribution is 2.27. The van der Waals surface area contributed by atoms with Gasteiger partial charge in [0.05, 0.1) is 6.54 Å². The molecule has 0 aliphatic rings. The zero-order valence-electron chi connectivity index (χ0n) is 14.0. The van der Waals surface area contributed by atoms with Crippen LogP contribution in [0.1, 0.15) is 24.7 Å². The predicted molar refractivity (Wildman–Crippen MR) is 98.6 cm³/mol. The maximum atomic E-state index is 12.1. The Kier molecular flexibility index (Phi) is 5.11. The Balaban J connectivity index is 1.56. The van der Waals surface area contributed by atoms with Crippen molar-refractivity contribution < 1.29 is 14.3 Å². The van der Waals surface area contributed by atoms with Gasteiger partial charge in [0.1, 0.15) is 16.9 Å². The molecule has 2 N–H and O–H groups in total. The molecule has 1 amide bonds. The van der Waals surface area contributed by atoms with Gasteiger partial charge in [0.25, 0.3) is 0 Å². The van der Waals surface area contributed by atoms with Gasteiger partial charge in [-0.25, -0.2) is 0 Å². The van der Waals surface area contributed by atoms with E-state index in [1.54, 1.807) is 19.1 Å². The van der Waals surface area contributed by atoms with Gasteiger partial charge in [-0.1, -0.05) is 41.9 Å². The Morgan fingerprint density at radius 3 is 2.76 bits per heavy atom. The van der Waals surface area contributed by atoms with Gasteiger partial charge in [0, 0.05) is 16.8 Å². The summed E-state index contributed by atoms with van der Waals surface area (Å²) in [6, 6.07) is 16.8. The van der Waals surface area contributed by atoms with Crippen LogP contribution in [-0.2, 0) is 16.8 Å². The second-order valence-corrected chi connectivity index (χ2v) is 6.77. The monoisotopic (exact) mass is 357 g/mol. The van der Waals surface area contributed by atoms with Crippen molar-refractivity contribution in [1.82, 2.24) is 5.32 Å². The zero-order chi connectivity index (χ0) is 17.9. The first-order valence-corrected chi connectivity index (χ1v) is 8.54. The molecule has 0 aliphatic carbocycles. The highest BCUT2D eigenvalue weighted by atomic mass is 35.5. The lowest BCUT2D eigenvalue weighted by Crippen LogP contribution is -2.38. The first-order chi connectivity index (χ1) is 11.9. The van der Waals surface area contributed by atoms with E-state index in [-0.39, 0.29) is 12.5 Å². The van der Waals surface area contributed by atoms with E-state index in [0.717, 1.165) is 10.9 Å². The fourth-order valence-electron chi connectivity index (χ4n) is 2.64. The Labute approximate surface area is 151 Å². The molecule has 0 bridgehead atoms. The van der Waals surface area contributed by atoms with E-state index in [9.17, 15) is 9.90 Å². The molecule has 3 rings (SSSR count). The van der Waals surface area contributed by atoms with Gasteiger partial charge in [0.2, 0.25) is 5.91 Å². The maximum Gasteiger partial charge on any atom is 0.220 e. The quantitative estimate of drug-likeness (QED) is 0.699. The van der Waals surface area contributed by atoms with Crippen molar-refractivity contribution in [3.63, 3.8) is 0 Å². The predicted octanol–water partition coefficient (Wildman–Crippen LogP) is 4.04. The molecule has 0 fully saturated rings. The number of amides is 1. The smallest absolute Gasteiger partial charge is 0.220 e. The van der Waals surface area contributed by atoms with E-state index in [0.29, 0.717) is 29.2 Å². The van der Waals surface area contributed by atoms with E-state index in [4.69, 9.17) is 16.0 Å². The van der Waals surface area contributed by atoms with Crippen LogP contribution in [0, 0.1) is 0 Å². The van der Waals surface area contributed by atoms with Crippen molar-refractivity contribution in [2.45, 2.75) is 25.4 Å². The molecular formula is C20H20ClNO3. The Hall–Kier alpha value is -2.30. The van der Waals surface area contributed by atoms with Crippen molar-refractivity contribution in [2.75, 3.05) is 6.54 Å². The molecular weight excluding hydrogens is 338 g/mol. The molecule has 1 atom stereocenters. The van der Waals surface area contributed by atoms with E-state index in [1.807, 2.05) is 42.5 Å². The minimum absolute atomic E-state index is 0.0845. The minimum Gasteiger partial charge on any atom is -0.458 e. The van der Waals surface area contributed by atoms with E-state index in [2.05, 4.69) is 5.32 Å². The third-order valence-corrected chi connectivity index (χ3v) is 4.35. The molecule has 1 heterocycles. The number of aryl methyl sites for hydroxylation is 1. The van der Waals surface area contributed by atoms with Crippen LogP contribution in [0.2, 0.25) is 5.02 Å². The molecule has 0 aliphatic heterocycles. The van der Waals surface area contributed by atoms with Crippen molar-refractivity contribution in [3.05, 3.63) is 70.9 Å². The third-order valence-electron chi connectivity index (χ3n) is 4.12. The minimum atomic E-state index is -1.27. The van der Waals surface area contributed by atoms with Gasteiger partial charge in [-0.3, -0.25) is 4.79 Å². The molecule has 25 heavy (non-hydrogen) atoms. The lowest BCUT2D eigenvalue weighted by molar-refractivity contribution is -0.122. The standard InChI is InChI=1S/C20H20ClNO3/c1-20(24,18-12-15-6-2-3-8-17(15)25-18)13-22-19(23)10-9-14-5-4-7-16(21)11-14/h2-8,11-12,24H,9-10,13H2,1H3,(H,22,23)/t20-/m0/s1. The number of fused-ring (bicyclic) bond motifs is 1. The average Bonchev–Trinajstić information content (AvgIpc) is 3.03. The SMILES string of the molecule is C[C@](O)(CNC(=O)CCc1cccc(Cl)c1)c1cc2ccccc2o1.